The van der Waals surface area contributed by atoms with Crippen molar-refractivity contribution < 1.29 is 57.2 Å². The topological polar surface area (TPSA) is 259 Å². The number of esters is 1. The van der Waals surface area contributed by atoms with Crippen LogP contribution in [0.1, 0.15) is 64.2 Å². The van der Waals surface area contributed by atoms with Crippen LogP contribution < -0.4 is 17.2 Å². The molecule has 0 unspecified atom stereocenters. The predicted molar refractivity (Wildman–Crippen MR) is 175 cm³/mol. The van der Waals surface area contributed by atoms with Gasteiger partial charge in [-0.3, -0.25) is 43.5 Å². The molecule has 6 N–H and O–H groups in total. The third-order valence-corrected chi connectivity index (χ3v) is 7.02. The number of rotatable bonds is 32. The van der Waals surface area contributed by atoms with Crippen LogP contribution in [-0.2, 0) is 57.2 Å². The van der Waals surface area contributed by atoms with Crippen LogP contribution in [0.5, 0.6) is 0 Å². The number of Topliss-reactive ketones (excluding diaryl/α,β-unsaturated/α-hetero) is 3. The highest BCUT2D eigenvalue weighted by Gasteiger charge is 2.24. The maximum atomic E-state index is 12.0. The SMILES string of the molecule is NC(=O)[C@H](CCCN=C(N)N)CCC(=O)COCCOCCCCC(=O)COCCOCCCC(=O)COC(=O)CCN1C(=O)C=CC1=O. The summed E-state index contributed by atoms with van der Waals surface area (Å²) in [7, 11) is 0. The van der Waals surface area contributed by atoms with Gasteiger partial charge in [-0.15, -0.1) is 0 Å². The number of aliphatic imine (C=N–C) groups is 1. The normalized spacial score (nSPS) is 13.0. The summed E-state index contributed by atoms with van der Waals surface area (Å²) in [5.74, 6) is -3.00. The van der Waals surface area contributed by atoms with Crippen molar-refractivity contribution in [3.8, 4) is 0 Å². The molecule has 17 heteroatoms. The summed E-state index contributed by atoms with van der Waals surface area (Å²) >= 11 is 0. The van der Waals surface area contributed by atoms with E-state index < -0.39 is 29.6 Å². The second-order valence-corrected chi connectivity index (χ2v) is 11.2. The molecule has 0 aromatic heterocycles. The Balaban J connectivity index is 1.89. The van der Waals surface area contributed by atoms with E-state index in [2.05, 4.69) is 4.99 Å². The molecular weight excluding hydrogens is 646 g/mol. The Kier molecular flexibility index (Phi) is 23.5. The average Bonchev–Trinajstić information content (AvgIpc) is 3.38. The van der Waals surface area contributed by atoms with Crippen molar-refractivity contribution >= 4 is 47.0 Å². The van der Waals surface area contributed by atoms with Gasteiger partial charge in [0.1, 0.15) is 19.8 Å². The minimum Gasteiger partial charge on any atom is -0.458 e. The molecule has 1 atom stereocenters. The molecule has 49 heavy (non-hydrogen) atoms. The van der Waals surface area contributed by atoms with Gasteiger partial charge in [-0.1, -0.05) is 0 Å². The summed E-state index contributed by atoms with van der Waals surface area (Å²) in [6.45, 7) is 1.60. The van der Waals surface area contributed by atoms with E-state index in [1.807, 2.05) is 0 Å². The minimum absolute atomic E-state index is 0.0148. The molecule has 0 aliphatic carbocycles. The summed E-state index contributed by atoms with van der Waals surface area (Å²) in [5, 5.41) is 0. The molecule has 0 radical (unpaired) electrons. The fraction of sp³-hybridized carbons (Fsp3) is 0.688. The Morgan fingerprint density at radius 3 is 1.80 bits per heavy atom. The summed E-state index contributed by atoms with van der Waals surface area (Å²) in [6, 6.07) is 0. The van der Waals surface area contributed by atoms with E-state index in [0.717, 1.165) is 17.1 Å². The van der Waals surface area contributed by atoms with Gasteiger partial charge in [0.15, 0.2) is 23.3 Å². The van der Waals surface area contributed by atoms with E-state index in [9.17, 15) is 33.6 Å². The molecule has 0 spiro atoms. The fourth-order valence-electron chi connectivity index (χ4n) is 4.32. The molecule has 3 amide bonds. The molecule has 1 aliphatic heterocycles. The molecule has 276 valence electrons. The quantitative estimate of drug-likeness (QED) is 0.0263. The first-order chi connectivity index (χ1) is 23.5. The van der Waals surface area contributed by atoms with Crippen LogP contribution in [0.25, 0.3) is 0 Å². The molecule has 0 fully saturated rings. The third-order valence-electron chi connectivity index (χ3n) is 7.02. The molecular formula is C32H51N5O12. The zero-order valence-electron chi connectivity index (χ0n) is 28.1. The highest BCUT2D eigenvalue weighted by atomic mass is 16.5. The Morgan fingerprint density at radius 2 is 1.18 bits per heavy atom. The number of primary amides is 1. The number of nitrogens with two attached hydrogens (primary N) is 3. The highest BCUT2D eigenvalue weighted by Crippen LogP contribution is 2.14. The molecule has 1 aliphatic rings. The summed E-state index contributed by atoms with van der Waals surface area (Å²) in [6.07, 6.45) is 5.93. The van der Waals surface area contributed by atoms with Crippen molar-refractivity contribution in [2.75, 3.05) is 72.6 Å². The average molecular weight is 698 g/mol. The number of nitrogens with zero attached hydrogens (tertiary/aromatic N) is 2. The van der Waals surface area contributed by atoms with Crippen molar-refractivity contribution in [1.82, 2.24) is 4.90 Å². The van der Waals surface area contributed by atoms with Gasteiger partial charge < -0.3 is 40.9 Å². The lowest BCUT2D eigenvalue weighted by Gasteiger charge is -2.12. The zero-order valence-corrected chi connectivity index (χ0v) is 28.1. The number of hydrogen-bond donors (Lipinski definition) is 3. The molecule has 0 aromatic carbocycles. The number of unbranched alkanes of at least 4 members (excludes halogenated alkanes) is 1. The van der Waals surface area contributed by atoms with Crippen LogP contribution >= 0.6 is 0 Å². The van der Waals surface area contributed by atoms with Crippen LogP contribution in [0.4, 0.5) is 0 Å². The van der Waals surface area contributed by atoms with Crippen LogP contribution in [0.2, 0.25) is 0 Å². The predicted octanol–water partition coefficient (Wildman–Crippen LogP) is -0.496. The number of ketones is 3. The number of carbonyl (C=O) groups excluding carboxylic acids is 7. The van der Waals surface area contributed by atoms with Crippen molar-refractivity contribution in [2.45, 2.75) is 64.2 Å². The van der Waals surface area contributed by atoms with Crippen molar-refractivity contribution in [3.05, 3.63) is 12.2 Å². The first-order valence-corrected chi connectivity index (χ1v) is 16.4. The largest absolute Gasteiger partial charge is 0.458 e. The van der Waals surface area contributed by atoms with Gasteiger partial charge in [0.2, 0.25) is 5.91 Å². The van der Waals surface area contributed by atoms with Gasteiger partial charge in [-0.05, 0) is 38.5 Å². The molecule has 0 saturated heterocycles. The third kappa shape index (κ3) is 23.0. The Labute approximate surface area is 286 Å². The van der Waals surface area contributed by atoms with Gasteiger partial charge in [0, 0.05) is 63.6 Å². The van der Waals surface area contributed by atoms with E-state index in [4.69, 9.17) is 40.9 Å². The van der Waals surface area contributed by atoms with Crippen molar-refractivity contribution in [1.29, 1.82) is 0 Å². The fourth-order valence-corrected chi connectivity index (χ4v) is 4.32. The van der Waals surface area contributed by atoms with Crippen molar-refractivity contribution in [3.63, 3.8) is 0 Å². The molecule has 0 saturated carbocycles. The zero-order chi connectivity index (χ0) is 36.3. The molecule has 17 nitrogen and oxygen atoms in total. The van der Waals surface area contributed by atoms with E-state index in [1.54, 1.807) is 0 Å². The number of ether oxygens (including phenoxy) is 5. The van der Waals surface area contributed by atoms with Crippen LogP contribution in [0.15, 0.2) is 17.1 Å². The Bertz CT molecular complexity index is 1120. The highest BCUT2D eigenvalue weighted by molar-refractivity contribution is 6.13. The van der Waals surface area contributed by atoms with Gasteiger partial charge in [0.05, 0.1) is 32.8 Å². The lowest BCUT2D eigenvalue weighted by Crippen LogP contribution is -2.32. The number of hydrogen-bond acceptors (Lipinski definition) is 13. The Hall–Kier alpha value is -4.06. The summed E-state index contributed by atoms with van der Waals surface area (Å²) in [5.41, 5.74) is 15.9. The van der Waals surface area contributed by atoms with Gasteiger partial charge in [0.25, 0.3) is 11.8 Å². The standard InChI is InChI=1S/C32H51N5O12/c33-31(44)24(5-3-13-36-32(34)35)8-9-27(40)22-48-19-17-45-15-2-1-6-25(38)21-47-20-18-46-16-4-7-26(39)23-49-30(43)12-14-37-28(41)10-11-29(37)42/h10-11,24H,1-9,12-23H2,(H2,33,44)(H4,34,35,36)/t24-/m1/s1. The van der Waals surface area contributed by atoms with Crippen LogP contribution in [-0.4, -0.2) is 124 Å². The van der Waals surface area contributed by atoms with Crippen LogP contribution in [0.3, 0.4) is 0 Å². The van der Waals surface area contributed by atoms with Crippen molar-refractivity contribution in [2.24, 2.45) is 28.1 Å². The van der Waals surface area contributed by atoms with E-state index in [1.165, 1.54) is 0 Å². The van der Waals surface area contributed by atoms with Gasteiger partial charge in [-0.25, -0.2) is 0 Å². The smallest absolute Gasteiger partial charge is 0.308 e. The molecule has 1 heterocycles. The monoisotopic (exact) mass is 697 g/mol. The molecule has 0 aromatic rings. The first-order valence-electron chi connectivity index (χ1n) is 16.4. The summed E-state index contributed by atoms with van der Waals surface area (Å²) in [4.78, 5) is 86.8. The van der Waals surface area contributed by atoms with Gasteiger partial charge >= 0.3 is 5.97 Å². The first kappa shape index (κ1) is 43.0. The number of imide groups is 1. The second kappa shape index (κ2) is 26.8. The number of guanidine groups is 1. The second-order valence-electron chi connectivity index (χ2n) is 11.2. The van der Waals surface area contributed by atoms with Gasteiger partial charge in [-0.2, -0.15) is 0 Å². The lowest BCUT2D eigenvalue weighted by atomic mass is 9.96. The maximum Gasteiger partial charge on any atom is 0.308 e. The van der Waals surface area contributed by atoms with E-state index in [-0.39, 0.29) is 88.8 Å². The summed E-state index contributed by atoms with van der Waals surface area (Å²) < 4.78 is 26.4. The van der Waals surface area contributed by atoms with Crippen LogP contribution in [0, 0.1) is 5.92 Å². The molecule has 0 bridgehead atoms. The van der Waals surface area contributed by atoms with E-state index >= 15 is 0 Å². The maximum absolute atomic E-state index is 12.0. The lowest BCUT2D eigenvalue weighted by molar-refractivity contribution is -0.149. The molecule has 1 rings (SSSR count). The number of carbonyl (C=O) groups is 7. The minimum atomic E-state index is -0.676. The van der Waals surface area contributed by atoms with E-state index in [0.29, 0.717) is 71.3 Å². The Morgan fingerprint density at radius 1 is 0.633 bits per heavy atom. The number of amides is 3.